The zero-order valence-electron chi connectivity index (χ0n) is 17.7. The molecular weight excluding hydrogens is 398 g/mol. The molecule has 0 saturated carbocycles. The minimum atomic E-state index is -0.466. The SMILES string of the molecule is N#Cc1ccc(CCNC(C(=O)Nc2ccn(-c3ccccc3)n2)C2=CCCC=C2)cc1. The van der Waals surface area contributed by atoms with E-state index in [1.807, 2.05) is 66.9 Å². The molecule has 1 aliphatic carbocycles. The number of hydrogen-bond acceptors (Lipinski definition) is 4. The molecule has 2 aromatic carbocycles. The summed E-state index contributed by atoms with van der Waals surface area (Å²) in [5.41, 5.74) is 3.66. The van der Waals surface area contributed by atoms with Gasteiger partial charge in [-0.3, -0.25) is 4.79 Å². The number of carbonyl (C=O) groups excluding carboxylic acids is 1. The van der Waals surface area contributed by atoms with Crippen LogP contribution in [0.15, 0.2) is 90.7 Å². The number of allylic oxidation sites excluding steroid dienone is 2. The zero-order valence-corrected chi connectivity index (χ0v) is 17.7. The van der Waals surface area contributed by atoms with E-state index in [4.69, 9.17) is 5.26 Å². The molecule has 160 valence electrons. The Morgan fingerprint density at radius 1 is 1.09 bits per heavy atom. The van der Waals surface area contributed by atoms with Crippen LogP contribution in [0.3, 0.4) is 0 Å². The molecule has 4 rings (SSSR count). The third kappa shape index (κ3) is 5.39. The van der Waals surface area contributed by atoms with Crippen molar-refractivity contribution in [1.82, 2.24) is 15.1 Å². The van der Waals surface area contributed by atoms with E-state index < -0.39 is 6.04 Å². The van der Waals surface area contributed by atoms with E-state index in [0.29, 0.717) is 17.9 Å². The van der Waals surface area contributed by atoms with Gasteiger partial charge in [0, 0.05) is 18.8 Å². The number of carbonyl (C=O) groups is 1. The summed E-state index contributed by atoms with van der Waals surface area (Å²) < 4.78 is 1.74. The summed E-state index contributed by atoms with van der Waals surface area (Å²) in [5.74, 6) is 0.374. The molecule has 1 heterocycles. The normalized spacial score (nSPS) is 13.8. The van der Waals surface area contributed by atoms with Gasteiger partial charge in [0.1, 0.15) is 6.04 Å². The molecule has 32 heavy (non-hydrogen) atoms. The maximum Gasteiger partial charge on any atom is 0.247 e. The van der Waals surface area contributed by atoms with Crippen LogP contribution in [-0.4, -0.2) is 28.3 Å². The van der Waals surface area contributed by atoms with Crippen molar-refractivity contribution < 1.29 is 4.79 Å². The Bertz CT molecular complexity index is 1150. The molecule has 2 N–H and O–H groups in total. The predicted molar refractivity (Wildman–Crippen MR) is 125 cm³/mol. The zero-order chi connectivity index (χ0) is 22.2. The molecule has 0 radical (unpaired) electrons. The van der Waals surface area contributed by atoms with Crippen molar-refractivity contribution in [1.29, 1.82) is 5.26 Å². The van der Waals surface area contributed by atoms with E-state index in [-0.39, 0.29) is 5.91 Å². The first kappa shape index (κ1) is 21.3. The van der Waals surface area contributed by atoms with Gasteiger partial charge >= 0.3 is 0 Å². The number of rotatable bonds is 8. The molecule has 1 amide bonds. The topological polar surface area (TPSA) is 82.7 Å². The van der Waals surface area contributed by atoms with Crippen molar-refractivity contribution in [2.75, 3.05) is 11.9 Å². The van der Waals surface area contributed by atoms with Crippen LogP contribution in [0.5, 0.6) is 0 Å². The fourth-order valence-electron chi connectivity index (χ4n) is 3.63. The van der Waals surface area contributed by atoms with Gasteiger partial charge in [-0.25, -0.2) is 4.68 Å². The summed E-state index contributed by atoms with van der Waals surface area (Å²) in [6.07, 6.45) is 10.7. The smallest absolute Gasteiger partial charge is 0.247 e. The molecule has 0 aliphatic heterocycles. The summed E-state index contributed by atoms with van der Waals surface area (Å²) in [4.78, 5) is 13.1. The Balaban J connectivity index is 1.42. The van der Waals surface area contributed by atoms with Crippen LogP contribution in [0.4, 0.5) is 5.82 Å². The Morgan fingerprint density at radius 3 is 2.62 bits per heavy atom. The molecule has 0 spiro atoms. The van der Waals surface area contributed by atoms with Crippen LogP contribution in [0, 0.1) is 11.3 Å². The lowest BCUT2D eigenvalue weighted by molar-refractivity contribution is -0.117. The summed E-state index contributed by atoms with van der Waals surface area (Å²) in [6.45, 7) is 0.633. The summed E-state index contributed by atoms with van der Waals surface area (Å²) in [6, 6.07) is 20.8. The van der Waals surface area contributed by atoms with E-state index in [1.54, 1.807) is 10.7 Å². The van der Waals surface area contributed by atoms with Gasteiger partial charge in [-0.2, -0.15) is 10.4 Å². The van der Waals surface area contributed by atoms with Gasteiger partial charge in [-0.1, -0.05) is 48.6 Å². The van der Waals surface area contributed by atoms with E-state index >= 15 is 0 Å². The molecule has 6 heteroatoms. The van der Waals surface area contributed by atoms with Crippen LogP contribution < -0.4 is 10.6 Å². The number of aromatic nitrogens is 2. The summed E-state index contributed by atoms with van der Waals surface area (Å²) in [5, 5.41) is 19.8. The van der Waals surface area contributed by atoms with Crippen molar-refractivity contribution in [3.8, 4) is 11.8 Å². The molecule has 0 bridgehead atoms. The quantitative estimate of drug-likeness (QED) is 0.570. The van der Waals surface area contributed by atoms with E-state index in [9.17, 15) is 4.79 Å². The first-order chi connectivity index (χ1) is 15.7. The van der Waals surface area contributed by atoms with E-state index in [1.165, 1.54) is 0 Å². The molecular formula is C26H25N5O. The Kier molecular flexibility index (Phi) is 6.91. The first-order valence-corrected chi connectivity index (χ1v) is 10.7. The minimum Gasteiger partial charge on any atom is -0.308 e. The monoisotopic (exact) mass is 423 g/mol. The average Bonchev–Trinajstić information content (AvgIpc) is 3.31. The highest BCUT2D eigenvalue weighted by Crippen LogP contribution is 2.16. The average molecular weight is 424 g/mol. The Labute approximate surface area is 187 Å². The summed E-state index contributed by atoms with van der Waals surface area (Å²) in [7, 11) is 0. The molecule has 1 aliphatic rings. The third-order valence-electron chi connectivity index (χ3n) is 5.33. The highest BCUT2D eigenvalue weighted by atomic mass is 16.2. The second kappa shape index (κ2) is 10.4. The van der Waals surface area contributed by atoms with Gasteiger partial charge in [0.05, 0.1) is 17.3 Å². The summed E-state index contributed by atoms with van der Waals surface area (Å²) >= 11 is 0. The largest absolute Gasteiger partial charge is 0.308 e. The highest BCUT2D eigenvalue weighted by Gasteiger charge is 2.22. The van der Waals surface area contributed by atoms with Crippen molar-refractivity contribution >= 4 is 11.7 Å². The van der Waals surface area contributed by atoms with Gasteiger partial charge in [-0.15, -0.1) is 0 Å². The predicted octanol–water partition coefficient (Wildman–Crippen LogP) is 4.16. The second-order valence-electron chi connectivity index (χ2n) is 7.60. The van der Waals surface area contributed by atoms with E-state index in [2.05, 4.69) is 34.0 Å². The van der Waals surface area contributed by atoms with Crippen LogP contribution in [-0.2, 0) is 11.2 Å². The highest BCUT2D eigenvalue weighted by molar-refractivity contribution is 5.96. The maximum atomic E-state index is 13.1. The van der Waals surface area contributed by atoms with Gasteiger partial charge in [0.25, 0.3) is 0 Å². The maximum absolute atomic E-state index is 13.1. The molecule has 1 atom stereocenters. The van der Waals surface area contributed by atoms with Crippen LogP contribution in [0.1, 0.15) is 24.0 Å². The van der Waals surface area contributed by atoms with Crippen molar-refractivity contribution in [2.45, 2.75) is 25.3 Å². The minimum absolute atomic E-state index is 0.138. The number of para-hydroxylation sites is 1. The van der Waals surface area contributed by atoms with Crippen LogP contribution >= 0.6 is 0 Å². The number of nitriles is 1. The number of hydrogen-bond donors (Lipinski definition) is 2. The number of nitrogens with zero attached hydrogens (tertiary/aromatic N) is 3. The van der Waals surface area contributed by atoms with Crippen molar-refractivity contribution in [2.24, 2.45) is 0 Å². The lowest BCUT2D eigenvalue weighted by Gasteiger charge is -2.21. The fourth-order valence-corrected chi connectivity index (χ4v) is 3.63. The third-order valence-corrected chi connectivity index (χ3v) is 5.33. The standard InChI is InChI=1S/C26H25N5O/c27-19-21-13-11-20(12-14-21)15-17-28-25(22-7-3-1-4-8-22)26(32)29-24-16-18-31(30-24)23-9-5-2-6-10-23/h2-3,5-14,16,18,25,28H,1,4,15,17H2,(H,29,30,32). The van der Waals surface area contributed by atoms with Crippen LogP contribution in [0.25, 0.3) is 5.69 Å². The van der Waals surface area contributed by atoms with Gasteiger partial charge in [0.15, 0.2) is 5.82 Å². The molecule has 1 unspecified atom stereocenters. The van der Waals surface area contributed by atoms with E-state index in [0.717, 1.165) is 36.1 Å². The molecule has 0 saturated heterocycles. The lowest BCUT2D eigenvalue weighted by atomic mass is 9.99. The van der Waals surface area contributed by atoms with Crippen LogP contribution in [0.2, 0.25) is 0 Å². The number of anilines is 1. The Morgan fingerprint density at radius 2 is 1.91 bits per heavy atom. The number of benzene rings is 2. The second-order valence-corrected chi connectivity index (χ2v) is 7.60. The molecule has 1 aromatic heterocycles. The van der Waals surface area contributed by atoms with Gasteiger partial charge in [-0.05, 0) is 54.7 Å². The molecule has 0 fully saturated rings. The Hall–Kier alpha value is -3.95. The van der Waals surface area contributed by atoms with Crippen molar-refractivity contribution in [3.05, 3.63) is 102 Å². The van der Waals surface area contributed by atoms with Gasteiger partial charge in [0.2, 0.25) is 5.91 Å². The number of nitrogens with one attached hydrogen (secondary N) is 2. The molecule has 6 nitrogen and oxygen atoms in total. The molecule has 3 aromatic rings. The first-order valence-electron chi connectivity index (χ1n) is 10.7. The van der Waals surface area contributed by atoms with Gasteiger partial charge < -0.3 is 10.6 Å². The fraction of sp³-hybridized carbons (Fsp3) is 0.192. The number of amides is 1. The lowest BCUT2D eigenvalue weighted by Crippen LogP contribution is -2.42. The van der Waals surface area contributed by atoms with Crippen molar-refractivity contribution in [3.63, 3.8) is 0 Å².